The fourth-order valence-corrected chi connectivity index (χ4v) is 4.17. The average molecular weight is 389 g/mol. The number of ether oxygens (including phenoxy) is 2. The second-order valence-corrected chi connectivity index (χ2v) is 7.47. The summed E-state index contributed by atoms with van der Waals surface area (Å²) in [5.41, 5.74) is 0.995. The minimum Gasteiger partial charge on any atom is -0.493 e. The predicted octanol–water partition coefficient (Wildman–Crippen LogP) is 2.16. The molecule has 7 heteroatoms. The second kappa shape index (κ2) is 9.66. The van der Waals surface area contributed by atoms with Crippen LogP contribution in [0, 0.1) is 5.92 Å². The van der Waals surface area contributed by atoms with Crippen molar-refractivity contribution in [3.63, 3.8) is 0 Å². The van der Waals surface area contributed by atoms with Gasteiger partial charge in [-0.1, -0.05) is 25.0 Å². The van der Waals surface area contributed by atoms with Gasteiger partial charge in [0, 0.05) is 44.2 Å². The number of methoxy groups -OCH3 is 2. The van der Waals surface area contributed by atoms with E-state index in [0.29, 0.717) is 18.2 Å². The van der Waals surface area contributed by atoms with Gasteiger partial charge in [0.05, 0.1) is 14.2 Å². The van der Waals surface area contributed by atoms with Gasteiger partial charge >= 0.3 is 0 Å². The summed E-state index contributed by atoms with van der Waals surface area (Å²) >= 11 is 0. The highest BCUT2D eigenvalue weighted by atomic mass is 16.5. The van der Waals surface area contributed by atoms with Crippen LogP contribution in [0.2, 0.25) is 0 Å². The first-order valence-electron chi connectivity index (χ1n) is 10.1. The molecular weight excluding hydrogens is 356 g/mol. The van der Waals surface area contributed by atoms with E-state index in [1.165, 1.54) is 12.8 Å². The Labute approximate surface area is 167 Å². The van der Waals surface area contributed by atoms with Crippen LogP contribution in [0.5, 0.6) is 11.5 Å². The zero-order chi connectivity index (χ0) is 19.9. The third-order valence-electron chi connectivity index (χ3n) is 5.70. The number of benzene rings is 1. The Hall–Kier alpha value is -2.44. The number of aliphatic imine (C=N–C) groups is 1. The molecule has 2 fully saturated rings. The van der Waals surface area contributed by atoms with E-state index in [1.54, 1.807) is 21.3 Å². The second-order valence-electron chi connectivity index (χ2n) is 7.47. The maximum Gasteiger partial charge on any atom is 0.225 e. The minimum atomic E-state index is 0.226. The van der Waals surface area contributed by atoms with Crippen LogP contribution in [0.25, 0.3) is 0 Å². The molecule has 1 aliphatic carbocycles. The minimum absolute atomic E-state index is 0.226. The molecule has 1 atom stereocenters. The van der Waals surface area contributed by atoms with Gasteiger partial charge in [0.25, 0.3) is 0 Å². The van der Waals surface area contributed by atoms with Crippen molar-refractivity contribution in [2.75, 3.05) is 34.4 Å². The number of guanidine groups is 1. The molecule has 0 spiro atoms. The molecule has 7 nitrogen and oxygen atoms in total. The van der Waals surface area contributed by atoms with Crippen molar-refractivity contribution in [1.29, 1.82) is 0 Å². The van der Waals surface area contributed by atoms with Crippen LogP contribution in [-0.2, 0) is 11.3 Å². The number of para-hydroxylation sites is 1. The molecule has 1 aliphatic heterocycles. The van der Waals surface area contributed by atoms with Crippen LogP contribution in [0.1, 0.15) is 37.7 Å². The molecule has 0 bridgehead atoms. The average Bonchev–Trinajstić information content (AvgIpc) is 3.42. The van der Waals surface area contributed by atoms with Gasteiger partial charge in [-0.2, -0.15) is 0 Å². The first-order chi connectivity index (χ1) is 13.7. The molecule has 0 aromatic heterocycles. The highest BCUT2D eigenvalue weighted by Gasteiger charge is 2.32. The Kier molecular flexibility index (Phi) is 7.01. The largest absolute Gasteiger partial charge is 0.493 e. The molecule has 154 valence electrons. The Morgan fingerprint density at radius 3 is 2.68 bits per heavy atom. The number of carbonyl (C=O) groups is 1. The standard InChI is InChI=1S/C21H32N4O3/c1-22-21(23-13-16-9-6-10-18(27-2)19(16)28-3)24-17-11-12-25(14-17)20(26)15-7-4-5-8-15/h6,9-10,15,17H,4-5,7-8,11-14H2,1-3H3,(H2,22,23,24). The smallest absolute Gasteiger partial charge is 0.225 e. The van der Waals surface area contributed by atoms with Gasteiger partial charge in [-0.25, -0.2) is 0 Å². The highest BCUT2D eigenvalue weighted by Crippen LogP contribution is 2.30. The van der Waals surface area contributed by atoms with E-state index < -0.39 is 0 Å². The number of nitrogens with one attached hydrogen (secondary N) is 2. The van der Waals surface area contributed by atoms with Crippen LogP contribution in [-0.4, -0.2) is 57.2 Å². The van der Waals surface area contributed by atoms with Gasteiger partial charge in [-0.05, 0) is 25.3 Å². The lowest BCUT2D eigenvalue weighted by atomic mass is 10.1. The topological polar surface area (TPSA) is 75.2 Å². The number of amides is 1. The first-order valence-corrected chi connectivity index (χ1v) is 10.1. The normalized spacial score (nSPS) is 20.3. The fourth-order valence-electron chi connectivity index (χ4n) is 4.17. The van der Waals surface area contributed by atoms with Gasteiger partial charge < -0.3 is 25.0 Å². The van der Waals surface area contributed by atoms with E-state index in [2.05, 4.69) is 15.6 Å². The van der Waals surface area contributed by atoms with Crippen molar-refractivity contribution in [3.05, 3.63) is 23.8 Å². The lowest BCUT2D eigenvalue weighted by molar-refractivity contribution is -0.134. The molecule has 3 rings (SSSR count). The van der Waals surface area contributed by atoms with E-state index in [1.807, 2.05) is 23.1 Å². The molecule has 2 N–H and O–H groups in total. The molecule has 1 amide bonds. The third kappa shape index (κ3) is 4.69. The monoisotopic (exact) mass is 388 g/mol. The van der Waals surface area contributed by atoms with Crippen LogP contribution < -0.4 is 20.1 Å². The Balaban J connectivity index is 1.52. The van der Waals surface area contributed by atoms with Crippen molar-refractivity contribution in [2.24, 2.45) is 10.9 Å². The lowest BCUT2D eigenvalue weighted by Gasteiger charge is -2.21. The van der Waals surface area contributed by atoms with Crippen LogP contribution in [0.15, 0.2) is 23.2 Å². The van der Waals surface area contributed by atoms with E-state index >= 15 is 0 Å². The Bertz CT molecular complexity index is 701. The molecule has 2 aliphatic rings. The Morgan fingerprint density at radius 1 is 1.21 bits per heavy atom. The predicted molar refractivity (Wildman–Crippen MR) is 110 cm³/mol. The number of likely N-dealkylation sites (tertiary alicyclic amines) is 1. The summed E-state index contributed by atoms with van der Waals surface area (Å²) in [6.07, 6.45) is 5.44. The van der Waals surface area contributed by atoms with E-state index in [0.717, 1.165) is 49.6 Å². The summed E-state index contributed by atoms with van der Waals surface area (Å²) < 4.78 is 10.8. The van der Waals surface area contributed by atoms with E-state index in [9.17, 15) is 4.79 Å². The maximum absolute atomic E-state index is 12.6. The summed E-state index contributed by atoms with van der Waals surface area (Å²) in [4.78, 5) is 19.0. The molecule has 1 aromatic rings. The van der Waals surface area contributed by atoms with Gasteiger partial charge in [-0.15, -0.1) is 0 Å². The number of rotatable bonds is 6. The molecule has 1 saturated heterocycles. The van der Waals surface area contributed by atoms with Crippen LogP contribution >= 0.6 is 0 Å². The zero-order valence-corrected chi connectivity index (χ0v) is 17.2. The maximum atomic E-state index is 12.6. The molecule has 1 saturated carbocycles. The van der Waals surface area contributed by atoms with Gasteiger partial charge in [0.15, 0.2) is 17.5 Å². The van der Waals surface area contributed by atoms with Crippen molar-refractivity contribution in [3.8, 4) is 11.5 Å². The van der Waals surface area contributed by atoms with Crippen molar-refractivity contribution in [1.82, 2.24) is 15.5 Å². The summed E-state index contributed by atoms with van der Waals surface area (Å²) in [6.45, 7) is 2.14. The summed E-state index contributed by atoms with van der Waals surface area (Å²) in [5, 5.41) is 6.79. The van der Waals surface area contributed by atoms with Gasteiger partial charge in [0.1, 0.15) is 0 Å². The number of hydrogen-bond acceptors (Lipinski definition) is 4. The lowest BCUT2D eigenvalue weighted by Crippen LogP contribution is -2.45. The number of hydrogen-bond donors (Lipinski definition) is 2. The zero-order valence-electron chi connectivity index (χ0n) is 17.2. The molecule has 28 heavy (non-hydrogen) atoms. The molecule has 1 unspecified atom stereocenters. The van der Waals surface area contributed by atoms with Crippen LogP contribution in [0.3, 0.4) is 0 Å². The van der Waals surface area contributed by atoms with E-state index in [-0.39, 0.29) is 12.0 Å². The van der Waals surface area contributed by atoms with Crippen molar-refractivity contribution >= 4 is 11.9 Å². The highest BCUT2D eigenvalue weighted by molar-refractivity contribution is 5.81. The van der Waals surface area contributed by atoms with Gasteiger partial charge in [-0.3, -0.25) is 9.79 Å². The third-order valence-corrected chi connectivity index (χ3v) is 5.70. The molecule has 0 radical (unpaired) electrons. The van der Waals surface area contributed by atoms with Gasteiger partial charge in [0.2, 0.25) is 5.91 Å². The number of carbonyl (C=O) groups excluding carboxylic acids is 1. The molecular formula is C21H32N4O3. The Morgan fingerprint density at radius 2 is 2.00 bits per heavy atom. The summed E-state index contributed by atoms with van der Waals surface area (Å²) in [6, 6.07) is 6.05. The summed E-state index contributed by atoms with van der Waals surface area (Å²) in [5.74, 6) is 2.75. The number of nitrogens with zero attached hydrogens (tertiary/aromatic N) is 2. The summed E-state index contributed by atoms with van der Waals surface area (Å²) in [7, 11) is 5.03. The molecule has 1 aromatic carbocycles. The van der Waals surface area contributed by atoms with Crippen molar-refractivity contribution in [2.45, 2.75) is 44.7 Å². The van der Waals surface area contributed by atoms with Crippen LogP contribution in [0.4, 0.5) is 0 Å². The fraction of sp³-hybridized carbons (Fsp3) is 0.619. The molecule has 1 heterocycles. The van der Waals surface area contributed by atoms with Crippen molar-refractivity contribution < 1.29 is 14.3 Å². The van der Waals surface area contributed by atoms with E-state index in [4.69, 9.17) is 9.47 Å². The first kappa shape index (κ1) is 20.3. The quantitative estimate of drug-likeness (QED) is 0.577. The SMILES string of the molecule is CN=C(NCc1cccc(OC)c1OC)NC1CCN(C(=O)C2CCCC2)C1.